The molecular formula is C12H16N4O2S2. The number of anilines is 2. The van der Waals surface area contributed by atoms with Crippen LogP contribution in [0.2, 0.25) is 0 Å². The number of nitrogens with zero attached hydrogens (tertiary/aromatic N) is 3. The Morgan fingerprint density at radius 2 is 2.40 bits per heavy atom. The van der Waals surface area contributed by atoms with Crippen molar-refractivity contribution in [1.82, 2.24) is 9.97 Å². The van der Waals surface area contributed by atoms with Crippen molar-refractivity contribution in [3.05, 3.63) is 12.5 Å². The summed E-state index contributed by atoms with van der Waals surface area (Å²) in [5, 5.41) is 3.08. The number of ether oxygens (including phenoxy) is 1. The first-order valence-corrected chi connectivity index (χ1v) is 7.94. The third kappa shape index (κ3) is 3.01. The molecule has 0 bridgehead atoms. The van der Waals surface area contributed by atoms with E-state index in [0.717, 1.165) is 0 Å². The van der Waals surface area contributed by atoms with Crippen LogP contribution in [0, 0.1) is 0 Å². The van der Waals surface area contributed by atoms with Gasteiger partial charge in [0.25, 0.3) is 0 Å². The lowest BCUT2D eigenvalue weighted by atomic mass is 10.2. The van der Waals surface area contributed by atoms with Crippen LogP contribution < -0.4 is 10.2 Å². The zero-order valence-corrected chi connectivity index (χ0v) is 13.1. The molecule has 108 valence electrons. The lowest BCUT2D eigenvalue weighted by Gasteiger charge is -2.36. The van der Waals surface area contributed by atoms with Gasteiger partial charge in [-0.2, -0.15) is 11.8 Å². The molecule has 0 saturated heterocycles. The highest BCUT2D eigenvalue weighted by Crippen LogP contribution is 2.31. The SMILES string of the molecule is CSCC1C(=S)Nc2cncnc2N1C(=O)OC(C)C. The number of carbonyl (C=O) groups is 1. The summed E-state index contributed by atoms with van der Waals surface area (Å²) in [5.74, 6) is 1.17. The first kappa shape index (κ1) is 15.0. The topological polar surface area (TPSA) is 67.4 Å². The molecule has 1 aliphatic heterocycles. The van der Waals surface area contributed by atoms with Crippen molar-refractivity contribution in [2.45, 2.75) is 26.0 Å². The molecule has 0 fully saturated rings. The van der Waals surface area contributed by atoms with Crippen molar-refractivity contribution < 1.29 is 9.53 Å². The van der Waals surface area contributed by atoms with Crippen molar-refractivity contribution >= 4 is 46.6 Å². The van der Waals surface area contributed by atoms with Gasteiger partial charge in [-0.25, -0.2) is 19.7 Å². The van der Waals surface area contributed by atoms with Gasteiger partial charge in [-0.3, -0.25) is 0 Å². The number of hydrogen-bond donors (Lipinski definition) is 1. The van der Waals surface area contributed by atoms with Crippen LogP contribution in [0.1, 0.15) is 13.8 Å². The quantitative estimate of drug-likeness (QED) is 0.859. The standard InChI is InChI=1S/C12H16N4O2S2/c1-7(2)18-12(17)16-9(5-20-3)11(19)15-8-4-13-6-14-10(8)16/h4,6-7,9H,5H2,1-3H3,(H,15,19). The summed E-state index contributed by atoms with van der Waals surface area (Å²) in [5.41, 5.74) is 0.621. The van der Waals surface area contributed by atoms with Crippen molar-refractivity contribution in [2.24, 2.45) is 0 Å². The normalized spacial score (nSPS) is 17.7. The number of nitrogens with one attached hydrogen (secondary N) is 1. The molecule has 0 spiro atoms. The van der Waals surface area contributed by atoms with E-state index in [1.807, 2.05) is 20.1 Å². The maximum Gasteiger partial charge on any atom is 0.416 e. The van der Waals surface area contributed by atoms with Gasteiger partial charge in [0.2, 0.25) is 0 Å². The van der Waals surface area contributed by atoms with E-state index >= 15 is 0 Å². The maximum absolute atomic E-state index is 12.3. The van der Waals surface area contributed by atoms with E-state index in [1.165, 1.54) is 11.2 Å². The number of rotatable bonds is 3. The Balaban J connectivity index is 2.40. The number of thiocarbonyl (C=S) groups is 1. The molecule has 1 aromatic rings. The Morgan fingerprint density at radius 1 is 1.65 bits per heavy atom. The molecule has 1 aromatic heterocycles. The molecule has 8 heteroatoms. The van der Waals surface area contributed by atoms with Crippen LogP contribution in [0.3, 0.4) is 0 Å². The summed E-state index contributed by atoms with van der Waals surface area (Å²) in [6, 6.07) is -0.270. The molecule has 1 N–H and O–H groups in total. The van der Waals surface area contributed by atoms with Crippen LogP contribution >= 0.6 is 24.0 Å². The third-order valence-electron chi connectivity index (χ3n) is 2.65. The second-order valence-corrected chi connectivity index (χ2v) is 5.87. The van der Waals surface area contributed by atoms with E-state index in [9.17, 15) is 4.79 Å². The molecule has 0 aliphatic carbocycles. The highest BCUT2D eigenvalue weighted by atomic mass is 32.2. The molecule has 20 heavy (non-hydrogen) atoms. The number of amides is 1. The van der Waals surface area contributed by atoms with Crippen molar-refractivity contribution in [1.29, 1.82) is 0 Å². The molecule has 2 rings (SSSR count). The molecule has 1 atom stereocenters. The van der Waals surface area contributed by atoms with Gasteiger partial charge in [0, 0.05) is 5.75 Å². The van der Waals surface area contributed by atoms with Gasteiger partial charge in [0.1, 0.15) is 23.0 Å². The summed E-state index contributed by atoms with van der Waals surface area (Å²) >= 11 is 6.96. The van der Waals surface area contributed by atoms with Crippen molar-refractivity contribution in [3.8, 4) is 0 Å². The fourth-order valence-electron chi connectivity index (χ4n) is 1.86. The molecule has 0 saturated carbocycles. The average molecular weight is 312 g/mol. The average Bonchev–Trinajstić information content (AvgIpc) is 2.38. The van der Waals surface area contributed by atoms with Gasteiger partial charge in [-0.1, -0.05) is 12.2 Å². The summed E-state index contributed by atoms with van der Waals surface area (Å²) in [7, 11) is 0. The number of thioether (sulfide) groups is 1. The predicted molar refractivity (Wildman–Crippen MR) is 84.5 cm³/mol. The van der Waals surface area contributed by atoms with Crippen LogP contribution in [0.4, 0.5) is 16.3 Å². The molecule has 1 aliphatic rings. The highest BCUT2D eigenvalue weighted by Gasteiger charge is 2.36. The van der Waals surface area contributed by atoms with E-state index in [2.05, 4.69) is 15.3 Å². The fraction of sp³-hybridized carbons (Fsp3) is 0.500. The summed E-state index contributed by atoms with van der Waals surface area (Å²) < 4.78 is 5.30. The Morgan fingerprint density at radius 3 is 3.05 bits per heavy atom. The first-order valence-electron chi connectivity index (χ1n) is 6.14. The minimum atomic E-state index is -0.442. The van der Waals surface area contributed by atoms with Crippen LogP contribution in [-0.4, -0.2) is 45.2 Å². The second-order valence-electron chi connectivity index (χ2n) is 4.52. The summed E-state index contributed by atoms with van der Waals surface area (Å²) in [6.07, 6.45) is 4.32. The Bertz CT molecular complexity index is 524. The van der Waals surface area contributed by atoms with Crippen LogP contribution in [0.25, 0.3) is 0 Å². The minimum Gasteiger partial charge on any atom is -0.446 e. The molecule has 6 nitrogen and oxygen atoms in total. The van der Waals surface area contributed by atoms with E-state index in [4.69, 9.17) is 17.0 Å². The van der Waals surface area contributed by atoms with E-state index in [0.29, 0.717) is 22.2 Å². The monoisotopic (exact) mass is 312 g/mol. The van der Waals surface area contributed by atoms with Gasteiger partial charge in [-0.15, -0.1) is 0 Å². The first-order chi connectivity index (χ1) is 9.54. The predicted octanol–water partition coefficient (Wildman–Crippen LogP) is 2.31. The Kier molecular flexibility index (Phi) is 4.77. The maximum atomic E-state index is 12.3. The van der Waals surface area contributed by atoms with Crippen molar-refractivity contribution in [2.75, 3.05) is 22.2 Å². The van der Waals surface area contributed by atoms with E-state index in [-0.39, 0.29) is 12.1 Å². The van der Waals surface area contributed by atoms with Crippen LogP contribution in [0.5, 0.6) is 0 Å². The lowest BCUT2D eigenvalue weighted by Crippen LogP contribution is -2.52. The molecule has 2 heterocycles. The fourth-order valence-corrected chi connectivity index (χ4v) is 2.90. The zero-order valence-electron chi connectivity index (χ0n) is 11.5. The minimum absolute atomic E-state index is 0.203. The lowest BCUT2D eigenvalue weighted by molar-refractivity contribution is 0.122. The Labute approximate surface area is 127 Å². The highest BCUT2D eigenvalue weighted by molar-refractivity contribution is 7.98. The number of carbonyl (C=O) groups excluding carboxylic acids is 1. The smallest absolute Gasteiger partial charge is 0.416 e. The third-order valence-corrected chi connectivity index (χ3v) is 3.67. The van der Waals surface area contributed by atoms with Crippen LogP contribution in [-0.2, 0) is 4.74 Å². The van der Waals surface area contributed by atoms with Gasteiger partial charge >= 0.3 is 6.09 Å². The largest absolute Gasteiger partial charge is 0.446 e. The molecule has 1 amide bonds. The zero-order chi connectivity index (χ0) is 14.7. The molecule has 1 unspecified atom stereocenters. The Hall–Kier alpha value is -1.41. The number of hydrogen-bond acceptors (Lipinski definition) is 6. The van der Waals surface area contributed by atoms with Crippen LogP contribution in [0.15, 0.2) is 12.5 Å². The van der Waals surface area contributed by atoms with Gasteiger partial charge in [-0.05, 0) is 20.1 Å². The van der Waals surface area contributed by atoms with E-state index < -0.39 is 6.09 Å². The van der Waals surface area contributed by atoms with Gasteiger partial charge in [0.15, 0.2) is 5.82 Å². The second kappa shape index (κ2) is 6.36. The molecule has 0 radical (unpaired) electrons. The molecule has 0 aromatic carbocycles. The van der Waals surface area contributed by atoms with Crippen molar-refractivity contribution in [3.63, 3.8) is 0 Å². The number of fused-ring (bicyclic) bond motifs is 1. The summed E-state index contributed by atoms with van der Waals surface area (Å²) in [6.45, 7) is 3.62. The van der Waals surface area contributed by atoms with E-state index in [1.54, 1.807) is 18.0 Å². The van der Waals surface area contributed by atoms with Gasteiger partial charge in [0.05, 0.1) is 12.3 Å². The van der Waals surface area contributed by atoms with Gasteiger partial charge < -0.3 is 10.1 Å². The summed E-state index contributed by atoms with van der Waals surface area (Å²) in [4.78, 5) is 22.5. The number of aromatic nitrogens is 2. The molecular weight excluding hydrogens is 296 g/mol.